The van der Waals surface area contributed by atoms with Gasteiger partial charge in [0.1, 0.15) is 6.10 Å². The summed E-state index contributed by atoms with van der Waals surface area (Å²) in [5.74, 6) is -0.774. The Hall–Kier alpha value is -0.910. The minimum atomic E-state index is -1.61. The van der Waals surface area contributed by atoms with E-state index in [1.807, 2.05) is 0 Å². The molecule has 0 radical (unpaired) electrons. The minimum Gasteiger partial charge on any atom is -0.430 e. The highest BCUT2D eigenvalue weighted by Crippen LogP contribution is 2.03. The van der Waals surface area contributed by atoms with Gasteiger partial charge in [-0.05, 0) is 6.92 Å². The third-order valence-electron chi connectivity index (χ3n) is 1.33. The van der Waals surface area contributed by atoms with Crippen molar-refractivity contribution in [3.05, 3.63) is 12.2 Å². The van der Waals surface area contributed by atoms with Crippen LogP contribution in [0.15, 0.2) is 12.2 Å². The number of rotatable bonds is 5. The lowest BCUT2D eigenvalue weighted by Gasteiger charge is -2.16. The molecule has 0 heterocycles. The molecule has 76 valence electrons. The van der Waals surface area contributed by atoms with Gasteiger partial charge < -0.3 is 20.1 Å². The molecular weight excluding hydrogens is 176 g/mol. The molecule has 0 aliphatic heterocycles. The minimum absolute atomic E-state index is 0.0510. The van der Waals surface area contributed by atoms with E-state index in [9.17, 15) is 4.79 Å². The number of hydrogen-bond donors (Lipinski definition) is 3. The van der Waals surface area contributed by atoms with E-state index in [2.05, 4.69) is 11.3 Å². The smallest absolute Gasteiger partial charge is 0.335 e. The molecule has 0 spiro atoms. The fourth-order valence-electron chi connectivity index (χ4n) is 0.564. The van der Waals surface area contributed by atoms with Crippen LogP contribution in [0.4, 0.5) is 0 Å². The van der Waals surface area contributed by atoms with Crippen molar-refractivity contribution in [1.29, 1.82) is 0 Å². The first-order valence-corrected chi connectivity index (χ1v) is 3.82. The first-order chi connectivity index (χ1) is 5.99. The highest BCUT2D eigenvalue weighted by molar-refractivity contribution is 5.87. The van der Waals surface area contributed by atoms with Crippen LogP contribution in [0.5, 0.6) is 0 Å². The summed E-state index contributed by atoms with van der Waals surface area (Å²) < 4.78 is 4.38. The summed E-state index contributed by atoms with van der Waals surface area (Å²) in [7, 11) is 0. The van der Waals surface area contributed by atoms with Crippen LogP contribution in [0.1, 0.15) is 13.3 Å². The van der Waals surface area contributed by atoms with Gasteiger partial charge in [0, 0.05) is 18.6 Å². The zero-order chi connectivity index (χ0) is 10.4. The molecule has 0 aromatic rings. The molecule has 13 heavy (non-hydrogen) atoms. The maximum Gasteiger partial charge on any atom is 0.335 e. The van der Waals surface area contributed by atoms with E-state index >= 15 is 0 Å². The Kier molecular flexibility index (Phi) is 5.29. The summed E-state index contributed by atoms with van der Waals surface area (Å²) in [6, 6.07) is 0. The summed E-state index contributed by atoms with van der Waals surface area (Å²) in [4.78, 5) is 10.8. The molecule has 3 N–H and O–H groups in total. The highest BCUT2D eigenvalue weighted by Gasteiger charge is 2.19. The predicted molar refractivity (Wildman–Crippen MR) is 44.6 cm³/mol. The van der Waals surface area contributed by atoms with Crippen LogP contribution >= 0.6 is 0 Å². The summed E-state index contributed by atoms with van der Waals surface area (Å²) in [6.45, 7) is 4.43. The third-order valence-corrected chi connectivity index (χ3v) is 1.33. The van der Waals surface area contributed by atoms with Gasteiger partial charge in [0.15, 0.2) is 0 Å². The van der Waals surface area contributed by atoms with E-state index in [1.54, 1.807) is 0 Å². The predicted octanol–water partition coefficient (Wildman–Crippen LogP) is -0.833. The van der Waals surface area contributed by atoms with Crippen LogP contribution in [0, 0.1) is 0 Å². The van der Waals surface area contributed by atoms with Gasteiger partial charge in [-0.2, -0.15) is 0 Å². The topological polar surface area (TPSA) is 87.0 Å². The van der Waals surface area contributed by atoms with Crippen molar-refractivity contribution in [3.8, 4) is 0 Å². The van der Waals surface area contributed by atoms with Crippen molar-refractivity contribution in [2.24, 2.45) is 0 Å². The largest absolute Gasteiger partial charge is 0.430 e. The Morgan fingerprint density at radius 3 is 2.46 bits per heavy atom. The van der Waals surface area contributed by atoms with Gasteiger partial charge in [0.25, 0.3) is 0 Å². The van der Waals surface area contributed by atoms with E-state index in [-0.39, 0.29) is 18.6 Å². The maximum atomic E-state index is 10.8. The van der Waals surface area contributed by atoms with Gasteiger partial charge >= 0.3 is 5.97 Å². The molecule has 0 rings (SSSR count). The highest BCUT2D eigenvalue weighted by atomic mass is 16.6. The van der Waals surface area contributed by atoms with Gasteiger partial charge in [-0.15, -0.1) is 0 Å². The van der Waals surface area contributed by atoms with Gasteiger partial charge in [-0.3, -0.25) is 0 Å². The summed E-state index contributed by atoms with van der Waals surface area (Å²) in [5, 5.41) is 26.5. The number of carbonyl (C=O) groups is 1. The SMILES string of the molecule is C=C(C)C(=O)OC(O)C(O)CCO. The van der Waals surface area contributed by atoms with Crippen LogP contribution in [0.25, 0.3) is 0 Å². The van der Waals surface area contributed by atoms with E-state index in [0.717, 1.165) is 0 Å². The third kappa shape index (κ3) is 4.62. The average molecular weight is 190 g/mol. The van der Waals surface area contributed by atoms with Crippen LogP contribution in [0.3, 0.4) is 0 Å². The molecule has 2 atom stereocenters. The normalized spacial score (nSPS) is 14.8. The Balaban J connectivity index is 3.91. The van der Waals surface area contributed by atoms with Crippen LogP contribution in [-0.2, 0) is 9.53 Å². The molecule has 0 aromatic carbocycles. The fraction of sp³-hybridized carbons (Fsp3) is 0.625. The molecule has 0 bridgehead atoms. The van der Waals surface area contributed by atoms with Crippen molar-refractivity contribution >= 4 is 5.97 Å². The first-order valence-electron chi connectivity index (χ1n) is 3.82. The van der Waals surface area contributed by atoms with Gasteiger partial charge in [-0.1, -0.05) is 6.58 Å². The van der Waals surface area contributed by atoms with Gasteiger partial charge in [0.05, 0.1) is 0 Å². The van der Waals surface area contributed by atoms with Crippen molar-refractivity contribution in [3.63, 3.8) is 0 Å². The maximum absolute atomic E-state index is 10.8. The zero-order valence-corrected chi connectivity index (χ0v) is 7.43. The molecule has 0 saturated heterocycles. The summed E-state index contributed by atoms with van der Waals surface area (Å²) >= 11 is 0. The monoisotopic (exact) mass is 190 g/mol. The van der Waals surface area contributed by atoms with E-state index in [0.29, 0.717) is 0 Å². The van der Waals surface area contributed by atoms with Crippen molar-refractivity contribution < 1.29 is 24.9 Å². The molecule has 0 aliphatic rings. The molecule has 0 amide bonds. The second-order valence-electron chi connectivity index (χ2n) is 2.66. The second-order valence-corrected chi connectivity index (χ2v) is 2.66. The Bertz CT molecular complexity index is 189. The van der Waals surface area contributed by atoms with Crippen LogP contribution in [0.2, 0.25) is 0 Å². The van der Waals surface area contributed by atoms with E-state index in [1.165, 1.54) is 6.92 Å². The van der Waals surface area contributed by atoms with Crippen LogP contribution in [-0.4, -0.2) is 40.3 Å². The number of hydrogen-bond acceptors (Lipinski definition) is 5. The molecule has 2 unspecified atom stereocenters. The average Bonchev–Trinajstić information content (AvgIpc) is 2.04. The van der Waals surface area contributed by atoms with Gasteiger partial charge in [0.2, 0.25) is 6.29 Å². The first kappa shape index (κ1) is 12.1. The standard InChI is InChI=1S/C8H14O5/c1-5(2)7(11)13-8(12)6(10)3-4-9/h6,8-10,12H,1,3-4H2,2H3. The lowest BCUT2D eigenvalue weighted by Crippen LogP contribution is -2.31. The quantitative estimate of drug-likeness (QED) is 0.299. The molecule has 5 nitrogen and oxygen atoms in total. The lowest BCUT2D eigenvalue weighted by molar-refractivity contribution is -0.183. The molecule has 0 aliphatic carbocycles. The fourth-order valence-corrected chi connectivity index (χ4v) is 0.564. The molecule has 0 saturated carbocycles. The van der Waals surface area contributed by atoms with E-state index in [4.69, 9.17) is 15.3 Å². The van der Waals surface area contributed by atoms with Crippen molar-refractivity contribution in [2.75, 3.05) is 6.61 Å². The van der Waals surface area contributed by atoms with Crippen molar-refractivity contribution in [2.45, 2.75) is 25.7 Å². The molecular formula is C8H14O5. The molecule has 0 aromatic heterocycles. The van der Waals surface area contributed by atoms with Crippen LogP contribution < -0.4 is 0 Å². The lowest BCUT2D eigenvalue weighted by atomic mass is 10.2. The summed E-state index contributed by atoms with van der Waals surface area (Å²) in [6.07, 6.45) is -2.94. The Morgan fingerprint density at radius 2 is 2.08 bits per heavy atom. The van der Waals surface area contributed by atoms with Gasteiger partial charge in [-0.25, -0.2) is 4.79 Å². The Morgan fingerprint density at radius 1 is 1.54 bits per heavy atom. The molecule has 5 heteroatoms. The number of aliphatic hydroxyl groups is 3. The zero-order valence-electron chi connectivity index (χ0n) is 7.43. The number of aliphatic hydroxyl groups excluding tert-OH is 3. The summed E-state index contributed by atoms with van der Waals surface area (Å²) in [5.41, 5.74) is 0.134. The number of esters is 1. The second kappa shape index (κ2) is 5.69. The molecule has 0 fully saturated rings. The van der Waals surface area contributed by atoms with E-state index < -0.39 is 18.4 Å². The Labute approximate surface area is 76.3 Å². The van der Waals surface area contributed by atoms with Crippen molar-refractivity contribution in [1.82, 2.24) is 0 Å². The number of carbonyl (C=O) groups excluding carboxylic acids is 1. The number of ether oxygens (including phenoxy) is 1.